The summed E-state index contributed by atoms with van der Waals surface area (Å²) in [4.78, 5) is 0. The van der Waals surface area contributed by atoms with Crippen molar-refractivity contribution in [3.8, 4) is 22.5 Å². The Labute approximate surface area is 271 Å². The third kappa shape index (κ3) is 4.66. The summed E-state index contributed by atoms with van der Waals surface area (Å²) < 4.78 is 91.3. The highest BCUT2D eigenvalue weighted by Crippen LogP contribution is 2.43. The van der Waals surface area contributed by atoms with Gasteiger partial charge < -0.3 is 9.13 Å². The van der Waals surface area contributed by atoms with Gasteiger partial charge in [0, 0.05) is 21.5 Å². The molecule has 0 saturated heterocycles. The molecule has 2 nitrogen and oxygen atoms in total. The second-order valence-electron chi connectivity index (χ2n) is 12.2. The topological polar surface area (TPSA) is 9.86 Å². The fourth-order valence-corrected chi connectivity index (χ4v) is 6.95. The Balaban J connectivity index is 1.43. The van der Waals surface area contributed by atoms with E-state index in [1.807, 2.05) is 74.5 Å². The summed E-state index contributed by atoms with van der Waals surface area (Å²) in [5.41, 5.74) is 2.95. The van der Waals surface area contributed by atoms with Gasteiger partial charge in [0.05, 0.1) is 44.6 Å². The number of hydrogen-bond acceptors (Lipinski definition) is 0. The van der Waals surface area contributed by atoms with Gasteiger partial charge in [0.25, 0.3) is 0 Å². The second kappa shape index (κ2) is 10.5. The first-order chi connectivity index (χ1) is 22.9. The molecule has 0 N–H and O–H groups in total. The molecule has 0 spiro atoms. The molecule has 238 valence electrons. The van der Waals surface area contributed by atoms with Crippen molar-refractivity contribution in [2.45, 2.75) is 26.2 Å². The van der Waals surface area contributed by atoms with E-state index in [4.69, 9.17) is 0 Å². The smallest absolute Gasteiger partial charge is 0.309 e. The lowest BCUT2D eigenvalue weighted by atomic mass is 9.98. The van der Waals surface area contributed by atoms with Gasteiger partial charge in [0.1, 0.15) is 0 Å². The summed E-state index contributed by atoms with van der Waals surface area (Å²) in [6.45, 7) is 3.75. The van der Waals surface area contributed by atoms with Gasteiger partial charge in [-0.25, -0.2) is 0 Å². The van der Waals surface area contributed by atoms with Gasteiger partial charge in [-0.3, -0.25) is 0 Å². The monoisotopic (exact) mass is 648 g/mol. The largest absolute Gasteiger partial charge is 0.418 e. The predicted molar refractivity (Wildman–Crippen MR) is 180 cm³/mol. The Morgan fingerprint density at radius 1 is 0.396 bits per heavy atom. The van der Waals surface area contributed by atoms with Crippen molar-refractivity contribution in [2.24, 2.45) is 0 Å². The zero-order valence-electron chi connectivity index (χ0n) is 25.7. The van der Waals surface area contributed by atoms with Crippen LogP contribution in [0.15, 0.2) is 121 Å². The molecule has 0 bridgehead atoms. The number of fused-ring (bicyclic) bond motifs is 6. The number of benzene rings is 6. The Morgan fingerprint density at radius 3 is 1.17 bits per heavy atom. The standard InChI is InChI=1S/C40H26F6N2/c1-23-11-15-29-27-7-3-5-9-33(27)47(35(29)19-23)37-21-25(13-17-31(37)39(41,42)43)26-14-18-32(40(44,45)46)38(22-26)48-34-10-6-4-8-28(34)30-16-12-24(2)20-36(30)48/h3-22H,1-2H3. The van der Waals surface area contributed by atoms with Gasteiger partial charge in [-0.15, -0.1) is 0 Å². The maximum Gasteiger partial charge on any atom is 0.418 e. The van der Waals surface area contributed by atoms with Crippen LogP contribution in [-0.4, -0.2) is 9.13 Å². The number of nitrogens with zero attached hydrogens (tertiary/aromatic N) is 2. The summed E-state index contributed by atoms with van der Waals surface area (Å²) in [5, 5.41) is 3.19. The molecule has 0 atom stereocenters. The summed E-state index contributed by atoms with van der Waals surface area (Å²) in [7, 11) is 0. The lowest BCUT2D eigenvalue weighted by Crippen LogP contribution is -2.12. The molecule has 2 aromatic heterocycles. The highest BCUT2D eigenvalue weighted by Gasteiger charge is 2.37. The molecule has 0 aliphatic carbocycles. The van der Waals surface area contributed by atoms with Gasteiger partial charge in [-0.05, 0) is 84.6 Å². The van der Waals surface area contributed by atoms with Gasteiger partial charge in [-0.2, -0.15) is 26.3 Å². The summed E-state index contributed by atoms with van der Waals surface area (Å²) in [6, 6.07) is 33.4. The molecule has 0 aliphatic heterocycles. The van der Waals surface area contributed by atoms with Crippen LogP contribution in [0.2, 0.25) is 0 Å². The van der Waals surface area contributed by atoms with E-state index < -0.39 is 23.5 Å². The molecular formula is C40H26F6N2. The molecule has 6 aromatic carbocycles. The summed E-state index contributed by atoms with van der Waals surface area (Å²) >= 11 is 0. The molecule has 0 unspecified atom stereocenters. The van der Waals surface area contributed by atoms with Gasteiger partial charge in [-0.1, -0.05) is 72.8 Å². The van der Waals surface area contributed by atoms with Crippen LogP contribution < -0.4 is 0 Å². The molecule has 8 heteroatoms. The second-order valence-corrected chi connectivity index (χ2v) is 12.2. The molecule has 2 heterocycles. The average Bonchev–Trinajstić information content (AvgIpc) is 3.55. The Morgan fingerprint density at radius 2 is 0.771 bits per heavy atom. The van der Waals surface area contributed by atoms with E-state index in [0.29, 0.717) is 33.2 Å². The SMILES string of the molecule is Cc1ccc2c3ccccc3n(-c3cc(-c4ccc(C(F)(F)F)c(-n5c6ccccc6c6ccc(C)cc65)c4)ccc3C(F)(F)F)c2c1. The quantitative estimate of drug-likeness (QED) is 0.169. The highest BCUT2D eigenvalue weighted by molar-refractivity contribution is 6.10. The van der Waals surface area contributed by atoms with Crippen LogP contribution in [0.5, 0.6) is 0 Å². The van der Waals surface area contributed by atoms with E-state index in [-0.39, 0.29) is 11.4 Å². The molecule has 0 amide bonds. The van der Waals surface area contributed by atoms with Crippen molar-refractivity contribution in [1.82, 2.24) is 9.13 Å². The first-order valence-corrected chi connectivity index (χ1v) is 15.3. The van der Waals surface area contributed by atoms with Crippen molar-refractivity contribution in [1.29, 1.82) is 0 Å². The van der Waals surface area contributed by atoms with Crippen LogP contribution in [0.3, 0.4) is 0 Å². The minimum Gasteiger partial charge on any atom is -0.309 e. The zero-order valence-corrected chi connectivity index (χ0v) is 25.7. The number of para-hydroxylation sites is 2. The average molecular weight is 649 g/mol. The van der Waals surface area contributed by atoms with Crippen molar-refractivity contribution >= 4 is 43.6 Å². The third-order valence-corrected chi connectivity index (χ3v) is 9.08. The summed E-state index contributed by atoms with van der Waals surface area (Å²) in [5.74, 6) is 0. The third-order valence-electron chi connectivity index (χ3n) is 9.08. The Kier molecular flexibility index (Phi) is 6.54. The fraction of sp³-hybridized carbons (Fsp3) is 0.100. The van der Waals surface area contributed by atoms with E-state index in [9.17, 15) is 26.3 Å². The van der Waals surface area contributed by atoms with Crippen LogP contribution in [0, 0.1) is 13.8 Å². The number of rotatable bonds is 3. The maximum atomic E-state index is 14.7. The van der Waals surface area contributed by atoms with E-state index in [1.165, 1.54) is 24.3 Å². The number of aromatic nitrogens is 2. The maximum absolute atomic E-state index is 14.7. The number of halogens is 6. The fourth-order valence-electron chi connectivity index (χ4n) is 6.95. The Bertz CT molecular complexity index is 2390. The molecule has 0 saturated carbocycles. The predicted octanol–water partition coefficient (Wildman–Crippen LogP) is 12.2. The minimum atomic E-state index is -4.69. The van der Waals surface area contributed by atoms with Crippen LogP contribution in [-0.2, 0) is 12.4 Å². The van der Waals surface area contributed by atoms with Crippen molar-refractivity contribution in [3.05, 3.63) is 144 Å². The lowest BCUT2D eigenvalue weighted by molar-refractivity contribution is -0.138. The summed E-state index contributed by atoms with van der Waals surface area (Å²) in [6.07, 6.45) is -9.39. The highest BCUT2D eigenvalue weighted by atomic mass is 19.4. The molecular weight excluding hydrogens is 622 g/mol. The van der Waals surface area contributed by atoms with Crippen LogP contribution in [0.25, 0.3) is 66.1 Å². The first-order valence-electron chi connectivity index (χ1n) is 15.3. The molecule has 48 heavy (non-hydrogen) atoms. The van der Waals surface area contributed by atoms with Gasteiger partial charge in [0.15, 0.2) is 0 Å². The van der Waals surface area contributed by atoms with Gasteiger partial charge in [0.2, 0.25) is 0 Å². The Hall–Kier alpha value is -5.50. The molecule has 0 fully saturated rings. The van der Waals surface area contributed by atoms with Gasteiger partial charge >= 0.3 is 12.4 Å². The number of hydrogen-bond donors (Lipinski definition) is 0. The lowest BCUT2D eigenvalue weighted by Gasteiger charge is -2.20. The van der Waals surface area contributed by atoms with Crippen LogP contribution in [0.4, 0.5) is 26.3 Å². The van der Waals surface area contributed by atoms with Crippen molar-refractivity contribution < 1.29 is 26.3 Å². The minimum absolute atomic E-state index is 0.106. The van der Waals surface area contributed by atoms with Crippen LogP contribution in [0.1, 0.15) is 22.3 Å². The molecule has 0 aliphatic rings. The van der Waals surface area contributed by atoms with E-state index in [2.05, 4.69) is 0 Å². The molecule has 8 rings (SSSR count). The first kappa shape index (κ1) is 29.9. The number of alkyl halides is 6. The van der Waals surface area contributed by atoms with E-state index >= 15 is 0 Å². The van der Waals surface area contributed by atoms with Crippen LogP contribution >= 0.6 is 0 Å². The molecule has 0 radical (unpaired) electrons. The van der Waals surface area contributed by atoms with Crippen molar-refractivity contribution in [2.75, 3.05) is 0 Å². The number of aryl methyl sites for hydroxylation is 2. The van der Waals surface area contributed by atoms with E-state index in [0.717, 1.165) is 44.8 Å². The normalized spacial score (nSPS) is 12.6. The zero-order chi connectivity index (χ0) is 33.5. The van der Waals surface area contributed by atoms with Crippen molar-refractivity contribution in [3.63, 3.8) is 0 Å². The van der Waals surface area contributed by atoms with E-state index in [1.54, 1.807) is 33.4 Å². The molecule has 8 aromatic rings.